The molecule has 1 heterocycles. The molecule has 1 saturated heterocycles. The van der Waals surface area contributed by atoms with Crippen molar-refractivity contribution in [3.05, 3.63) is 29.8 Å². The molecule has 1 N–H and O–H groups in total. The highest BCUT2D eigenvalue weighted by Crippen LogP contribution is 2.23. The van der Waals surface area contributed by atoms with Crippen LogP contribution in [0.15, 0.2) is 24.3 Å². The Morgan fingerprint density at radius 2 is 1.85 bits per heavy atom. The minimum atomic E-state index is -3.40. The largest absolute Gasteiger partial charge is 0.494 e. The average Bonchev–Trinajstić information content (AvgIpc) is 2.62. The van der Waals surface area contributed by atoms with Crippen LogP contribution in [-0.2, 0) is 15.0 Å². The van der Waals surface area contributed by atoms with Crippen molar-refractivity contribution in [2.45, 2.75) is 32.7 Å². The summed E-state index contributed by atoms with van der Waals surface area (Å²) in [6, 6.07) is 7.57. The Balaban J connectivity index is 1.88. The van der Waals surface area contributed by atoms with E-state index in [1.807, 2.05) is 38.1 Å². The highest BCUT2D eigenvalue weighted by Gasteiger charge is 2.32. The lowest BCUT2D eigenvalue weighted by Crippen LogP contribution is -2.47. The molecule has 1 atom stereocenters. The fourth-order valence-electron chi connectivity index (χ4n) is 3.01. The van der Waals surface area contributed by atoms with Gasteiger partial charge in [-0.15, -0.1) is 0 Å². The van der Waals surface area contributed by atoms with Crippen molar-refractivity contribution >= 4 is 16.1 Å². The van der Waals surface area contributed by atoms with Gasteiger partial charge in [-0.1, -0.05) is 12.1 Å². The molecular formula is C18H29N3O4S. The van der Waals surface area contributed by atoms with E-state index in [4.69, 9.17) is 4.74 Å². The van der Waals surface area contributed by atoms with Crippen molar-refractivity contribution in [3.63, 3.8) is 0 Å². The SMILES string of the molecule is CCOc1ccc([C@H](C)NC(=O)C2CCN(S(=O)(=O)N(C)C)CC2)cc1. The third-order valence-corrected chi connectivity index (χ3v) is 6.60. The first-order chi connectivity index (χ1) is 12.3. The molecule has 7 nitrogen and oxygen atoms in total. The molecule has 0 unspecified atom stereocenters. The number of rotatable bonds is 7. The van der Waals surface area contributed by atoms with Crippen LogP contribution in [0.5, 0.6) is 5.75 Å². The number of piperidine rings is 1. The smallest absolute Gasteiger partial charge is 0.281 e. The van der Waals surface area contributed by atoms with E-state index in [0.29, 0.717) is 32.5 Å². The van der Waals surface area contributed by atoms with Gasteiger partial charge in [-0.3, -0.25) is 4.79 Å². The van der Waals surface area contributed by atoms with E-state index < -0.39 is 10.2 Å². The number of nitrogens with zero attached hydrogens (tertiary/aromatic N) is 2. The first kappa shape index (κ1) is 20.7. The molecule has 26 heavy (non-hydrogen) atoms. The molecular weight excluding hydrogens is 354 g/mol. The van der Waals surface area contributed by atoms with Gasteiger partial charge in [0.15, 0.2) is 0 Å². The summed E-state index contributed by atoms with van der Waals surface area (Å²) >= 11 is 0. The zero-order valence-electron chi connectivity index (χ0n) is 15.9. The van der Waals surface area contributed by atoms with Gasteiger partial charge in [0.25, 0.3) is 10.2 Å². The minimum absolute atomic E-state index is 0.0201. The normalized spacial score (nSPS) is 17.9. The molecule has 8 heteroatoms. The first-order valence-corrected chi connectivity index (χ1v) is 10.4. The van der Waals surface area contributed by atoms with E-state index in [1.165, 1.54) is 22.7 Å². The summed E-state index contributed by atoms with van der Waals surface area (Å²) in [6.07, 6.45) is 1.07. The minimum Gasteiger partial charge on any atom is -0.494 e. The third kappa shape index (κ3) is 4.96. The lowest BCUT2D eigenvalue weighted by molar-refractivity contribution is -0.126. The van der Waals surface area contributed by atoms with Crippen LogP contribution in [0.4, 0.5) is 0 Å². The molecule has 1 aromatic carbocycles. The highest BCUT2D eigenvalue weighted by molar-refractivity contribution is 7.86. The van der Waals surface area contributed by atoms with Gasteiger partial charge in [-0.05, 0) is 44.4 Å². The van der Waals surface area contributed by atoms with E-state index in [2.05, 4.69) is 5.32 Å². The number of carbonyl (C=O) groups is 1. The number of carbonyl (C=O) groups excluding carboxylic acids is 1. The monoisotopic (exact) mass is 383 g/mol. The molecule has 2 rings (SSSR count). The first-order valence-electron chi connectivity index (χ1n) is 8.96. The molecule has 0 spiro atoms. The molecule has 1 aromatic rings. The molecule has 0 aromatic heterocycles. The summed E-state index contributed by atoms with van der Waals surface area (Å²) in [4.78, 5) is 12.5. The topological polar surface area (TPSA) is 79.0 Å². The number of benzene rings is 1. The zero-order valence-corrected chi connectivity index (χ0v) is 16.8. The van der Waals surface area contributed by atoms with Crippen molar-refractivity contribution in [2.24, 2.45) is 5.92 Å². The van der Waals surface area contributed by atoms with Gasteiger partial charge in [-0.2, -0.15) is 17.0 Å². The predicted molar refractivity (Wildman–Crippen MR) is 101 cm³/mol. The number of hydrogen-bond donors (Lipinski definition) is 1. The lowest BCUT2D eigenvalue weighted by Gasteiger charge is -2.32. The van der Waals surface area contributed by atoms with Gasteiger partial charge in [-0.25, -0.2) is 0 Å². The number of amides is 1. The van der Waals surface area contributed by atoms with Gasteiger partial charge in [0.05, 0.1) is 12.6 Å². The van der Waals surface area contributed by atoms with Crippen LogP contribution in [0.3, 0.4) is 0 Å². The Labute approximate surface area is 156 Å². The molecule has 0 radical (unpaired) electrons. The van der Waals surface area contributed by atoms with Crippen molar-refractivity contribution in [1.82, 2.24) is 13.9 Å². The zero-order chi connectivity index (χ0) is 19.3. The molecule has 1 aliphatic rings. The summed E-state index contributed by atoms with van der Waals surface area (Å²) in [5.74, 6) is 0.631. The van der Waals surface area contributed by atoms with Gasteiger partial charge >= 0.3 is 0 Å². The van der Waals surface area contributed by atoms with E-state index in [1.54, 1.807) is 0 Å². The maximum Gasteiger partial charge on any atom is 0.281 e. The molecule has 146 valence electrons. The van der Waals surface area contributed by atoms with Crippen molar-refractivity contribution in [1.29, 1.82) is 0 Å². The van der Waals surface area contributed by atoms with Gasteiger partial charge in [0, 0.05) is 33.1 Å². The summed E-state index contributed by atoms with van der Waals surface area (Å²) in [6.45, 7) is 5.24. The van der Waals surface area contributed by atoms with Crippen LogP contribution in [0.25, 0.3) is 0 Å². The van der Waals surface area contributed by atoms with Crippen LogP contribution in [0, 0.1) is 5.92 Å². The maximum absolute atomic E-state index is 12.5. The Kier molecular flexibility index (Phi) is 7.02. The molecule has 1 fully saturated rings. The number of nitrogens with one attached hydrogen (secondary N) is 1. The summed E-state index contributed by atoms with van der Waals surface area (Å²) in [5, 5.41) is 3.04. The van der Waals surface area contributed by atoms with Crippen LogP contribution >= 0.6 is 0 Å². The second kappa shape index (κ2) is 8.83. The Morgan fingerprint density at radius 1 is 1.27 bits per heavy atom. The van der Waals surface area contributed by atoms with E-state index >= 15 is 0 Å². The lowest BCUT2D eigenvalue weighted by atomic mass is 9.96. The van der Waals surface area contributed by atoms with E-state index in [0.717, 1.165) is 11.3 Å². The van der Waals surface area contributed by atoms with Crippen molar-refractivity contribution < 1.29 is 17.9 Å². The fourth-order valence-corrected chi connectivity index (χ4v) is 4.15. The summed E-state index contributed by atoms with van der Waals surface area (Å²) in [7, 11) is -0.360. The van der Waals surface area contributed by atoms with E-state index in [9.17, 15) is 13.2 Å². The van der Waals surface area contributed by atoms with Gasteiger partial charge < -0.3 is 10.1 Å². The third-order valence-electron chi connectivity index (χ3n) is 4.66. The number of hydrogen-bond acceptors (Lipinski definition) is 4. The Hall–Kier alpha value is -1.64. The maximum atomic E-state index is 12.5. The second-order valence-electron chi connectivity index (χ2n) is 6.70. The van der Waals surface area contributed by atoms with Crippen LogP contribution in [0.2, 0.25) is 0 Å². The summed E-state index contributed by atoms with van der Waals surface area (Å²) in [5.41, 5.74) is 1.01. The Bertz CT molecular complexity index is 696. The Morgan fingerprint density at radius 3 is 2.35 bits per heavy atom. The molecule has 1 amide bonds. The second-order valence-corrected chi connectivity index (χ2v) is 8.84. The molecule has 0 bridgehead atoms. The standard InChI is InChI=1S/C18H29N3O4S/c1-5-25-17-8-6-15(7-9-17)14(2)19-18(22)16-10-12-21(13-11-16)26(23,24)20(3)4/h6-9,14,16H,5,10-13H2,1-4H3,(H,19,22)/t14-/m0/s1. The van der Waals surface area contributed by atoms with Crippen LogP contribution in [0.1, 0.15) is 38.3 Å². The predicted octanol–water partition coefficient (Wildman–Crippen LogP) is 1.78. The van der Waals surface area contributed by atoms with Crippen molar-refractivity contribution in [3.8, 4) is 5.75 Å². The number of ether oxygens (including phenoxy) is 1. The molecule has 1 aliphatic heterocycles. The van der Waals surface area contributed by atoms with Crippen LogP contribution in [-0.4, -0.2) is 56.7 Å². The summed E-state index contributed by atoms with van der Waals surface area (Å²) < 4.78 is 32.4. The fraction of sp³-hybridized carbons (Fsp3) is 0.611. The molecule has 0 aliphatic carbocycles. The van der Waals surface area contributed by atoms with Crippen molar-refractivity contribution in [2.75, 3.05) is 33.8 Å². The highest BCUT2D eigenvalue weighted by atomic mass is 32.2. The quantitative estimate of drug-likeness (QED) is 0.778. The van der Waals surface area contributed by atoms with Gasteiger partial charge in [0.2, 0.25) is 5.91 Å². The van der Waals surface area contributed by atoms with E-state index in [-0.39, 0.29) is 17.9 Å². The van der Waals surface area contributed by atoms with Gasteiger partial charge in [0.1, 0.15) is 5.75 Å². The molecule has 0 saturated carbocycles. The van der Waals surface area contributed by atoms with Crippen LogP contribution < -0.4 is 10.1 Å². The average molecular weight is 384 g/mol.